The second kappa shape index (κ2) is 6.24. The number of rotatable bonds is 5. The van der Waals surface area contributed by atoms with Gasteiger partial charge in [0.05, 0.1) is 11.1 Å². The van der Waals surface area contributed by atoms with Gasteiger partial charge in [-0.3, -0.25) is 14.8 Å². The number of non-ortho nitro benzene ring substituents is 1. The largest absolute Gasteiger partial charge is 0.306 e. The zero-order valence-electron chi connectivity index (χ0n) is 12.1. The molecule has 6 nitrogen and oxygen atoms in total. The Labute approximate surface area is 127 Å². The van der Waals surface area contributed by atoms with Crippen LogP contribution in [0.15, 0.2) is 24.4 Å². The average Bonchev–Trinajstić information content (AvgIpc) is 2.77. The van der Waals surface area contributed by atoms with Crippen LogP contribution in [0.25, 0.3) is 0 Å². The van der Waals surface area contributed by atoms with Gasteiger partial charge in [0.2, 0.25) is 0 Å². The number of hydrogen-bond acceptors (Lipinski definition) is 4. The van der Waals surface area contributed by atoms with Gasteiger partial charge in [-0.25, -0.2) is 0 Å². The predicted molar refractivity (Wildman–Crippen MR) is 81.3 cm³/mol. The van der Waals surface area contributed by atoms with Crippen LogP contribution >= 0.6 is 11.6 Å². The SMILES string of the molecule is Cc1c(C(C)NCc2cc([N+](=O)[O-])ccc2Cl)cnn1C. The molecule has 0 saturated carbocycles. The van der Waals surface area contributed by atoms with Crippen molar-refractivity contribution >= 4 is 17.3 Å². The molecule has 112 valence electrons. The lowest BCUT2D eigenvalue weighted by atomic mass is 10.1. The Balaban J connectivity index is 2.11. The smallest absolute Gasteiger partial charge is 0.269 e. The lowest BCUT2D eigenvalue weighted by molar-refractivity contribution is -0.384. The van der Waals surface area contributed by atoms with Crippen molar-refractivity contribution in [2.45, 2.75) is 26.4 Å². The summed E-state index contributed by atoms with van der Waals surface area (Å²) in [6.45, 7) is 4.48. The van der Waals surface area contributed by atoms with Crippen LogP contribution in [0.5, 0.6) is 0 Å². The third-order valence-electron chi connectivity index (χ3n) is 3.58. The van der Waals surface area contributed by atoms with Crippen molar-refractivity contribution in [3.05, 3.63) is 56.4 Å². The molecular weight excluding hydrogens is 292 g/mol. The van der Waals surface area contributed by atoms with Crippen LogP contribution in [0.4, 0.5) is 5.69 Å². The Kier molecular flexibility index (Phi) is 4.59. The van der Waals surface area contributed by atoms with E-state index in [1.54, 1.807) is 6.07 Å². The number of halogens is 1. The molecule has 1 heterocycles. The summed E-state index contributed by atoms with van der Waals surface area (Å²) < 4.78 is 1.81. The topological polar surface area (TPSA) is 73.0 Å². The molecule has 7 heteroatoms. The fraction of sp³-hybridized carbons (Fsp3) is 0.357. The lowest BCUT2D eigenvalue weighted by Crippen LogP contribution is -2.19. The van der Waals surface area contributed by atoms with Gasteiger partial charge in [0, 0.05) is 48.0 Å². The Hall–Kier alpha value is -1.92. The molecule has 0 saturated heterocycles. The van der Waals surface area contributed by atoms with Gasteiger partial charge in [-0.2, -0.15) is 5.10 Å². The quantitative estimate of drug-likeness (QED) is 0.680. The van der Waals surface area contributed by atoms with Crippen LogP contribution in [0.3, 0.4) is 0 Å². The highest BCUT2D eigenvalue weighted by molar-refractivity contribution is 6.31. The number of nitro benzene ring substituents is 1. The number of aromatic nitrogens is 2. The molecule has 1 aromatic carbocycles. The number of aryl methyl sites for hydroxylation is 1. The molecule has 0 radical (unpaired) electrons. The van der Waals surface area contributed by atoms with Gasteiger partial charge in [-0.1, -0.05) is 11.6 Å². The molecule has 2 aromatic rings. The monoisotopic (exact) mass is 308 g/mol. The van der Waals surface area contributed by atoms with Crippen molar-refractivity contribution < 1.29 is 4.92 Å². The minimum absolute atomic E-state index is 0.0430. The zero-order chi connectivity index (χ0) is 15.6. The molecule has 0 bridgehead atoms. The number of benzene rings is 1. The van der Waals surface area contributed by atoms with E-state index < -0.39 is 4.92 Å². The standard InChI is InChI=1S/C14H17ClN4O2/c1-9(13-8-17-18(3)10(13)2)16-7-11-6-12(19(20)21)4-5-14(11)15/h4-6,8-9,16H,7H2,1-3H3. The van der Waals surface area contributed by atoms with E-state index in [1.165, 1.54) is 12.1 Å². The number of nitrogens with one attached hydrogen (secondary N) is 1. The first-order valence-electron chi connectivity index (χ1n) is 6.55. The van der Waals surface area contributed by atoms with E-state index in [2.05, 4.69) is 10.4 Å². The minimum Gasteiger partial charge on any atom is -0.306 e. The molecule has 1 aromatic heterocycles. The van der Waals surface area contributed by atoms with Crippen LogP contribution in [-0.2, 0) is 13.6 Å². The normalized spacial score (nSPS) is 12.4. The van der Waals surface area contributed by atoms with Crippen molar-refractivity contribution in [2.24, 2.45) is 7.05 Å². The Morgan fingerprint density at radius 1 is 1.52 bits per heavy atom. The summed E-state index contributed by atoms with van der Waals surface area (Å²) in [7, 11) is 1.89. The summed E-state index contributed by atoms with van der Waals surface area (Å²) >= 11 is 6.09. The van der Waals surface area contributed by atoms with Crippen molar-refractivity contribution in [3.8, 4) is 0 Å². The predicted octanol–water partition coefficient (Wildman–Crippen LogP) is 3.14. The number of nitrogens with zero attached hydrogens (tertiary/aromatic N) is 3. The average molecular weight is 309 g/mol. The van der Waals surface area contributed by atoms with Crippen LogP contribution in [0.2, 0.25) is 5.02 Å². The van der Waals surface area contributed by atoms with E-state index in [0.29, 0.717) is 17.1 Å². The second-order valence-electron chi connectivity index (χ2n) is 4.94. The molecule has 1 unspecified atom stereocenters. The molecule has 0 fully saturated rings. The highest BCUT2D eigenvalue weighted by atomic mass is 35.5. The van der Waals surface area contributed by atoms with E-state index >= 15 is 0 Å². The van der Waals surface area contributed by atoms with E-state index in [-0.39, 0.29) is 11.7 Å². The zero-order valence-corrected chi connectivity index (χ0v) is 12.9. The molecule has 0 spiro atoms. The fourth-order valence-electron chi connectivity index (χ4n) is 2.12. The van der Waals surface area contributed by atoms with E-state index in [4.69, 9.17) is 11.6 Å². The van der Waals surface area contributed by atoms with Crippen LogP contribution in [-0.4, -0.2) is 14.7 Å². The van der Waals surface area contributed by atoms with E-state index in [0.717, 1.165) is 11.3 Å². The molecule has 0 amide bonds. The van der Waals surface area contributed by atoms with E-state index in [1.807, 2.05) is 31.8 Å². The maximum absolute atomic E-state index is 10.8. The maximum Gasteiger partial charge on any atom is 0.269 e. The molecule has 1 atom stereocenters. The molecule has 1 N–H and O–H groups in total. The first-order chi connectivity index (χ1) is 9.90. The number of nitro groups is 1. The van der Waals surface area contributed by atoms with Gasteiger partial charge < -0.3 is 5.32 Å². The number of hydrogen-bond donors (Lipinski definition) is 1. The van der Waals surface area contributed by atoms with Crippen LogP contribution < -0.4 is 5.32 Å². The fourth-order valence-corrected chi connectivity index (χ4v) is 2.31. The van der Waals surface area contributed by atoms with Crippen molar-refractivity contribution in [2.75, 3.05) is 0 Å². The van der Waals surface area contributed by atoms with E-state index in [9.17, 15) is 10.1 Å². The Morgan fingerprint density at radius 3 is 2.81 bits per heavy atom. The third-order valence-corrected chi connectivity index (χ3v) is 3.95. The molecule has 0 aliphatic rings. The van der Waals surface area contributed by atoms with Crippen molar-refractivity contribution in [3.63, 3.8) is 0 Å². The van der Waals surface area contributed by atoms with Crippen LogP contribution in [0, 0.1) is 17.0 Å². The van der Waals surface area contributed by atoms with Crippen molar-refractivity contribution in [1.29, 1.82) is 0 Å². The Bertz CT molecular complexity index is 669. The van der Waals surface area contributed by atoms with Crippen LogP contribution in [0.1, 0.15) is 29.8 Å². The van der Waals surface area contributed by atoms with Gasteiger partial charge in [-0.05, 0) is 25.5 Å². The summed E-state index contributed by atoms with van der Waals surface area (Å²) in [5.41, 5.74) is 2.93. The van der Waals surface area contributed by atoms with Gasteiger partial charge in [0.25, 0.3) is 5.69 Å². The highest BCUT2D eigenvalue weighted by Gasteiger charge is 2.14. The Morgan fingerprint density at radius 2 is 2.24 bits per heavy atom. The van der Waals surface area contributed by atoms with Gasteiger partial charge in [0.15, 0.2) is 0 Å². The maximum atomic E-state index is 10.8. The molecular formula is C14H17ClN4O2. The first-order valence-corrected chi connectivity index (χ1v) is 6.92. The second-order valence-corrected chi connectivity index (χ2v) is 5.35. The van der Waals surface area contributed by atoms with Gasteiger partial charge in [0.1, 0.15) is 0 Å². The third kappa shape index (κ3) is 3.40. The summed E-state index contributed by atoms with van der Waals surface area (Å²) in [6, 6.07) is 4.53. The molecule has 0 aliphatic carbocycles. The highest BCUT2D eigenvalue weighted by Crippen LogP contribution is 2.23. The first kappa shape index (κ1) is 15.5. The molecule has 0 aliphatic heterocycles. The summed E-state index contributed by atoms with van der Waals surface area (Å²) in [5.74, 6) is 0. The summed E-state index contributed by atoms with van der Waals surface area (Å²) in [4.78, 5) is 10.4. The molecule has 2 rings (SSSR count). The summed E-state index contributed by atoms with van der Waals surface area (Å²) in [5, 5.41) is 18.8. The lowest BCUT2D eigenvalue weighted by Gasteiger charge is -2.14. The van der Waals surface area contributed by atoms with Gasteiger partial charge >= 0.3 is 0 Å². The van der Waals surface area contributed by atoms with Gasteiger partial charge in [-0.15, -0.1) is 0 Å². The minimum atomic E-state index is -0.422. The molecule has 21 heavy (non-hydrogen) atoms. The van der Waals surface area contributed by atoms with Crippen molar-refractivity contribution in [1.82, 2.24) is 15.1 Å². The summed E-state index contributed by atoms with van der Waals surface area (Å²) in [6.07, 6.45) is 1.82.